The molecule has 0 bridgehead atoms. The predicted octanol–water partition coefficient (Wildman–Crippen LogP) is 3.47. The maximum atomic E-state index is 12.6. The van der Waals surface area contributed by atoms with Crippen LogP contribution in [0, 0.1) is 13.8 Å². The van der Waals surface area contributed by atoms with E-state index >= 15 is 0 Å². The summed E-state index contributed by atoms with van der Waals surface area (Å²) in [6, 6.07) is 2.08. The largest absolute Gasteiger partial charge is 0.285 e. The van der Waals surface area contributed by atoms with Crippen molar-refractivity contribution in [2.24, 2.45) is 0 Å². The van der Waals surface area contributed by atoms with Crippen LogP contribution in [-0.2, 0) is 0 Å². The number of carbonyl (C=O) groups is 1. The van der Waals surface area contributed by atoms with Crippen LogP contribution in [0.1, 0.15) is 47.2 Å². The van der Waals surface area contributed by atoms with Gasteiger partial charge < -0.3 is 0 Å². The summed E-state index contributed by atoms with van der Waals surface area (Å²) in [4.78, 5) is 16.9. The van der Waals surface area contributed by atoms with Gasteiger partial charge in [-0.2, -0.15) is 5.10 Å². The lowest BCUT2D eigenvalue weighted by Gasteiger charge is -2.11. The van der Waals surface area contributed by atoms with Gasteiger partial charge in [0.25, 0.3) is 0 Å². The van der Waals surface area contributed by atoms with Crippen molar-refractivity contribution in [2.45, 2.75) is 33.7 Å². The van der Waals surface area contributed by atoms with Crippen molar-refractivity contribution in [3.8, 4) is 0 Å². The molecule has 0 radical (unpaired) electrons. The highest BCUT2D eigenvalue weighted by Crippen LogP contribution is 2.23. The van der Waals surface area contributed by atoms with Crippen LogP contribution < -0.4 is 0 Å². The van der Waals surface area contributed by atoms with E-state index in [1.807, 2.05) is 33.8 Å². The van der Waals surface area contributed by atoms with Crippen molar-refractivity contribution in [3.63, 3.8) is 0 Å². The van der Waals surface area contributed by atoms with E-state index in [2.05, 4.69) is 26.0 Å². The Bertz CT molecular complexity index is 632. The van der Waals surface area contributed by atoms with Crippen LogP contribution in [0.3, 0.4) is 0 Å². The zero-order valence-electron chi connectivity index (χ0n) is 11.4. The summed E-state index contributed by atoms with van der Waals surface area (Å²) in [6.45, 7) is 7.84. The van der Waals surface area contributed by atoms with Crippen molar-refractivity contribution in [1.82, 2.24) is 14.8 Å². The number of ketones is 1. The number of aryl methyl sites for hydroxylation is 2. The highest BCUT2D eigenvalue weighted by Gasteiger charge is 2.22. The van der Waals surface area contributed by atoms with E-state index in [1.165, 1.54) is 0 Å². The van der Waals surface area contributed by atoms with Crippen LogP contribution in [0.4, 0.5) is 0 Å². The average molecular weight is 322 g/mol. The number of hydrogen-bond donors (Lipinski definition) is 0. The van der Waals surface area contributed by atoms with E-state index in [4.69, 9.17) is 0 Å². The standard InChI is InChI=1S/C14H16BrN3O/c1-8(2)18-13(11(15)7-17-18)14(19)12-10(4)5-9(3)6-16-12/h5-8H,1-4H3. The molecule has 0 unspecified atom stereocenters. The van der Waals surface area contributed by atoms with Gasteiger partial charge in [-0.1, -0.05) is 6.07 Å². The van der Waals surface area contributed by atoms with Gasteiger partial charge in [0, 0.05) is 12.2 Å². The Hall–Kier alpha value is -1.49. The second kappa shape index (κ2) is 5.25. The maximum absolute atomic E-state index is 12.6. The molecular weight excluding hydrogens is 306 g/mol. The summed E-state index contributed by atoms with van der Waals surface area (Å²) in [5.41, 5.74) is 2.96. The molecule has 2 heterocycles. The molecule has 19 heavy (non-hydrogen) atoms. The molecule has 4 nitrogen and oxygen atoms in total. The number of hydrogen-bond acceptors (Lipinski definition) is 3. The molecule has 0 amide bonds. The van der Waals surface area contributed by atoms with E-state index in [1.54, 1.807) is 17.1 Å². The fraction of sp³-hybridized carbons (Fsp3) is 0.357. The van der Waals surface area contributed by atoms with Gasteiger partial charge in [-0.15, -0.1) is 0 Å². The van der Waals surface area contributed by atoms with E-state index in [9.17, 15) is 4.79 Å². The Morgan fingerprint density at radius 2 is 2.00 bits per heavy atom. The minimum absolute atomic E-state index is 0.101. The molecule has 0 saturated carbocycles. The highest BCUT2D eigenvalue weighted by molar-refractivity contribution is 9.10. The van der Waals surface area contributed by atoms with Gasteiger partial charge in [-0.3, -0.25) is 14.5 Å². The van der Waals surface area contributed by atoms with Crippen LogP contribution in [0.5, 0.6) is 0 Å². The molecule has 0 saturated heterocycles. The SMILES string of the molecule is Cc1cnc(C(=O)c2c(Br)cnn2C(C)C)c(C)c1. The van der Waals surface area contributed by atoms with E-state index in [0.29, 0.717) is 15.9 Å². The maximum Gasteiger partial charge on any atom is 0.230 e. The first-order chi connectivity index (χ1) is 8.91. The van der Waals surface area contributed by atoms with Gasteiger partial charge in [-0.05, 0) is 54.8 Å². The molecule has 5 heteroatoms. The van der Waals surface area contributed by atoms with E-state index in [0.717, 1.165) is 11.1 Å². The van der Waals surface area contributed by atoms with Crippen LogP contribution in [-0.4, -0.2) is 20.5 Å². The summed E-state index contributed by atoms with van der Waals surface area (Å²) in [5, 5.41) is 4.23. The molecule has 0 aromatic carbocycles. The monoisotopic (exact) mass is 321 g/mol. The number of pyridine rings is 1. The number of rotatable bonds is 3. The third-order valence-corrected chi connectivity index (χ3v) is 3.47. The lowest BCUT2D eigenvalue weighted by atomic mass is 10.1. The lowest BCUT2D eigenvalue weighted by molar-refractivity contribution is 0.102. The minimum Gasteiger partial charge on any atom is -0.285 e. The Labute approximate surface area is 121 Å². The van der Waals surface area contributed by atoms with E-state index in [-0.39, 0.29) is 11.8 Å². The Morgan fingerprint density at radius 3 is 2.58 bits per heavy atom. The predicted molar refractivity (Wildman–Crippen MR) is 77.5 cm³/mol. The zero-order chi connectivity index (χ0) is 14.2. The molecule has 0 aliphatic rings. The Balaban J connectivity index is 2.53. The van der Waals surface area contributed by atoms with Gasteiger partial charge >= 0.3 is 0 Å². The number of carbonyl (C=O) groups excluding carboxylic acids is 1. The van der Waals surface area contributed by atoms with Crippen molar-refractivity contribution < 1.29 is 4.79 Å². The first-order valence-corrected chi connectivity index (χ1v) is 6.92. The van der Waals surface area contributed by atoms with Crippen LogP contribution >= 0.6 is 15.9 Å². The summed E-state index contributed by atoms with van der Waals surface area (Å²) in [5.74, 6) is -0.101. The smallest absolute Gasteiger partial charge is 0.230 e. The minimum atomic E-state index is -0.101. The quantitative estimate of drug-likeness (QED) is 0.813. The van der Waals surface area contributed by atoms with Crippen LogP contribution in [0.25, 0.3) is 0 Å². The molecule has 100 valence electrons. The van der Waals surface area contributed by atoms with Gasteiger partial charge in [0.05, 0.1) is 10.7 Å². The molecule has 0 spiro atoms. The van der Waals surface area contributed by atoms with Gasteiger partial charge in [0.15, 0.2) is 0 Å². The van der Waals surface area contributed by atoms with Gasteiger partial charge in [0.1, 0.15) is 11.4 Å². The molecule has 0 aliphatic carbocycles. The highest BCUT2D eigenvalue weighted by atomic mass is 79.9. The molecule has 0 aliphatic heterocycles. The summed E-state index contributed by atoms with van der Waals surface area (Å²) < 4.78 is 2.42. The molecule has 2 aromatic heterocycles. The molecule has 0 fully saturated rings. The van der Waals surface area contributed by atoms with Crippen molar-refractivity contribution in [1.29, 1.82) is 0 Å². The summed E-state index contributed by atoms with van der Waals surface area (Å²) in [6.07, 6.45) is 3.36. The molecular formula is C14H16BrN3O. The Morgan fingerprint density at radius 1 is 1.32 bits per heavy atom. The third kappa shape index (κ3) is 2.61. The lowest BCUT2D eigenvalue weighted by Crippen LogP contribution is -2.16. The Kier molecular flexibility index (Phi) is 3.85. The van der Waals surface area contributed by atoms with Gasteiger partial charge in [0.2, 0.25) is 5.78 Å². The first kappa shape index (κ1) is 13.9. The first-order valence-electron chi connectivity index (χ1n) is 6.12. The second-order valence-electron chi connectivity index (χ2n) is 4.89. The molecule has 0 N–H and O–H groups in total. The molecule has 0 atom stereocenters. The summed E-state index contributed by atoms with van der Waals surface area (Å²) >= 11 is 3.39. The van der Waals surface area contributed by atoms with Gasteiger partial charge in [-0.25, -0.2) is 0 Å². The summed E-state index contributed by atoms with van der Waals surface area (Å²) in [7, 11) is 0. The molecule has 2 rings (SSSR count). The molecule has 2 aromatic rings. The van der Waals surface area contributed by atoms with Crippen molar-refractivity contribution >= 4 is 21.7 Å². The fourth-order valence-electron chi connectivity index (χ4n) is 2.01. The normalized spacial score (nSPS) is 11.1. The topological polar surface area (TPSA) is 47.8 Å². The van der Waals surface area contributed by atoms with E-state index < -0.39 is 0 Å². The van der Waals surface area contributed by atoms with Crippen molar-refractivity contribution in [2.75, 3.05) is 0 Å². The third-order valence-electron chi connectivity index (χ3n) is 2.89. The second-order valence-corrected chi connectivity index (χ2v) is 5.74. The average Bonchev–Trinajstić information content (AvgIpc) is 2.70. The number of aromatic nitrogens is 3. The number of halogens is 1. The van der Waals surface area contributed by atoms with Crippen LogP contribution in [0.2, 0.25) is 0 Å². The number of nitrogens with zero attached hydrogens (tertiary/aromatic N) is 3. The van der Waals surface area contributed by atoms with Crippen LogP contribution in [0.15, 0.2) is 22.9 Å². The zero-order valence-corrected chi connectivity index (χ0v) is 13.0. The van der Waals surface area contributed by atoms with Crippen molar-refractivity contribution in [3.05, 3.63) is 45.4 Å². The fourth-order valence-corrected chi connectivity index (χ4v) is 2.46.